The van der Waals surface area contributed by atoms with E-state index >= 15 is 0 Å². The summed E-state index contributed by atoms with van der Waals surface area (Å²) in [6, 6.07) is 5.41. The zero-order valence-electron chi connectivity index (χ0n) is 15.9. The van der Waals surface area contributed by atoms with Crippen LogP contribution in [0.3, 0.4) is 0 Å². The summed E-state index contributed by atoms with van der Waals surface area (Å²) >= 11 is 0. The Morgan fingerprint density at radius 3 is 2.69 bits per heavy atom. The molecule has 29 heavy (non-hydrogen) atoms. The van der Waals surface area contributed by atoms with Crippen LogP contribution in [0.4, 0.5) is 24.5 Å². The van der Waals surface area contributed by atoms with Crippen molar-refractivity contribution < 1.29 is 22.8 Å². The summed E-state index contributed by atoms with van der Waals surface area (Å²) in [6.45, 7) is 3.90. The van der Waals surface area contributed by atoms with Crippen LogP contribution in [0.25, 0.3) is 0 Å². The van der Waals surface area contributed by atoms with Crippen molar-refractivity contribution in [2.45, 2.75) is 38.3 Å². The van der Waals surface area contributed by atoms with Crippen LogP contribution in [-0.4, -0.2) is 30.3 Å². The average Bonchev–Trinajstić information content (AvgIpc) is 3.08. The number of amides is 1. The van der Waals surface area contributed by atoms with Gasteiger partial charge in [-0.05, 0) is 37.6 Å². The molecule has 2 aliphatic heterocycles. The first-order valence-electron chi connectivity index (χ1n) is 9.42. The van der Waals surface area contributed by atoms with Crippen molar-refractivity contribution in [3.63, 3.8) is 0 Å². The zero-order chi connectivity index (χ0) is 20.9. The number of hydrogen-bond donors (Lipinski definition) is 3. The molecule has 2 heterocycles. The molecule has 4 rings (SSSR count). The molecule has 0 fully saturated rings. The molecule has 152 valence electrons. The molecule has 0 aromatic heterocycles. The Morgan fingerprint density at radius 1 is 1.21 bits per heavy atom. The summed E-state index contributed by atoms with van der Waals surface area (Å²) in [6.07, 6.45) is 0.0470. The number of ketones is 1. The van der Waals surface area contributed by atoms with Crippen molar-refractivity contribution in [1.29, 1.82) is 0 Å². The van der Waals surface area contributed by atoms with Gasteiger partial charge in [0.25, 0.3) is 5.91 Å². The second kappa shape index (κ2) is 7.09. The summed E-state index contributed by atoms with van der Waals surface area (Å²) in [5, 5.41) is 8.79. The van der Waals surface area contributed by atoms with Gasteiger partial charge in [-0.2, -0.15) is 0 Å². The van der Waals surface area contributed by atoms with Crippen LogP contribution in [0.2, 0.25) is 0 Å². The third-order valence-corrected chi connectivity index (χ3v) is 5.33. The molecule has 2 aromatic rings. The lowest BCUT2D eigenvalue weighted by Crippen LogP contribution is -2.38. The van der Waals surface area contributed by atoms with Crippen LogP contribution in [0, 0.1) is 17.5 Å². The van der Waals surface area contributed by atoms with E-state index in [0.29, 0.717) is 16.8 Å². The van der Waals surface area contributed by atoms with Gasteiger partial charge in [0.2, 0.25) is 0 Å². The molecule has 2 atom stereocenters. The monoisotopic (exact) mass is 403 g/mol. The van der Waals surface area contributed by atoms with Crippen LogP contribution in [0.5, 0.6) is 0 Å². The molecule has 0 radical (unpaired) electrons. The van der Waals surface area contributed by atoms with Crippen molar-refractivity contribution in [3.8, 4) is 0 Å². The van der Waals surface area contributed by atoms with Crippen LogP contribution in [0.1, 0.15) is 52.5 Å². The number of carbonyl (C=O) groups excluding carboxylic acids is 2. The second-order valence-corrected chi connectivity index (χ2v) is 7.67. The highest BCUT2D eigenvalue weighted by molar-refractivity contribution is 6.13. The molecule has 5 nitrogen and oxygen atoms in total. The standard InChI is InChI=1S/C21H20F3N3O2/c1-9(2)26-21(29)10-4-3-5-14-17(10)16(28)7-15(27-14)12-8-25-20-11(12)6-13(22)18(23)19(20)24/h3-6,9,12,15,25,27H,7-8H2,1-2H3,(H,26,29). The number of rotatable bonds is 3. The van der Waals surface area contributed by atoms with Gasteiger partial charge in [0, 0.05) is 36.7 Å². The molecule has 8 heteroatoms. The van der Waals surface area contributed by atoms with Gasteiger partial charge >= 0.3 is 0 Å². The van der Waals surface area contributed by atoms with Gasteiger partial charge in [0.05, 0.1) is 16.8 Å². The summed E-state index contributed by atoms with van der Waals surface area (Å²) in [5.74, 6) is -5.02. The summed E-state index contributed by atoms with van der Waals surface area (Å²) in [5.41, 5.74) is 1.32. The van der Waals surface area contributed by atoms with Crippen LogP contribution < -0.4 is 16.0 Å². The van der Waals surface area contributed by atoms with Crippen molar-refractivity contribution in [1.82, 2.24) is 5.32 Å². The van der Waals surface area contributed by atoms with Gasteiger partial charge in [0.1, 0.15) is 0 Å². The highest BCUT2D eigenvalue weighted by Crippen LogP contribution is 2.41. The number of carbonyl (C=O) groups is 2. The Morgan fingerprint density at radius 2 is 1.97 bits per heavy atom. The van der Waals surface area contributed by atoms with E-state index in [0.717, 1.165) is 6.07 Å². The van der Waals surface area contributed by atoms with Gasteiger partial charge in [-0.15, -0.1) is 0 Å². The second-order valence-electron chi connectivity index (χ2n) is 7.67. The molecule has 0 saturated carbocycles. The number of Topliss-reactive ketones (excluding diaryl/α,β-unsaturated/α-hetero) is 1. The molecule has 2 aliphatic rings. The molecule has 0 aliphatic carbocycles. The fraction of sp³-hybridized carbons (Fsp3) is 0.333. The smallest absolute Gasteiger partial charge is 0.252 e. The maximum Gasteiger partial charge on any atom is 0.252 e. The Kier molecular flexibility index (Phi) is 4.72. The topological polar surface area (TPSA) is 70.2 Å². The number of hydrogen-bond acceptors (Lipinski definition) is 4. The van der Waals surface area contributed by atoms with E-state index in [1.54, 1.807) is 18.2 Å². The number of fused-ring (bicyclic) bond motifs is 2. The van der Waals surface area contributed by atoms with Crippen molar-refractivity contribution in [3.05, 3.63) is 58.4 Å². The average molecular weight is 403 g/mol. The Bertz CT molecular complexity index is 1020. The summed E-state index contributed by atoms with van der Waals surface area (Å²) in [7, 11) is 0. The minimum atomic E-state index is -1.52. The van der Waals surface area contributed by atoms with E-state index in [9.17, 15) is 22.8 Å². The number of benzene rings is 2. The minimum Gasteiger partial charge on any atom is -0.382 e. The molecule has 2 unspecified atom stereocenters. The maximum atomic E-state index is 14.1. The number of nitrogens with one attached hydrogen (secondary N) is 3. The molecule has 0 saturated heterocycles. The molecule has 0 bridgehead atoms. The Labute approximate surface area is 165 Å². The Balaban J connectivity index is 1.67. The molecule has 2 aromatic carbocycles. The number of anilines is 2. The largest absolute Gasteiger partial charge is 0.382 e. The van der Waals surface area contributed by atoms with Crippen LogP contribution in [0.15, 0.2) is 24.3 Å². The zero-order valence-corrected chi connectivity index (χ0v) is 15.9. The van der Waals surface area contributed by atoms with Crippen molar-refractivity contribution in [2.24, 2.45) is 0 Å². The van der Waals surface area contributed by atoms with E-state index < -0.39 is 29.4 Å². The predicted octanol–water partition coefficient (Wildman–Crippen LogP) is 3.82. The molecular weight excluding hydrogens is 383 g/mol. The highest BCUT2D eigenvalue weighted by Gasteiger charge is 2.38. The molecule has 3 N–H and O–H groups in total. The lowest BCUT2D eigenvalue weighted by molar-refractivity contribution is 0.0919. The van der Waals surface area contributed by atoms with Gasteiger partial charge < -0.3 is 16.0 Å². The van der Waals surface area contributed by atoms with Crippen molar-refractivity contribution >= 4 is 23.1 Å². The first-order valence-corrected chi connectivity index (χ1v) is 9.42. The first-order chi connectivity index (χ1) is 13.8. The molecule has 1 amide bonds. The van der Waals surface area contributed by atoms with Gasteiger partial charge in [0.15, 0.2) is 23.2 Å². The van der Waals surface area contributed by atoms with Crippen LogP contribution >= 0.6 is 0 Å². The Hall–Kier alpha value is -3.03. The minimum absolute atomic E-state index is 0.0470. The number of halogens is 3. The van der Waals surface area contributed by atoms with Gasteiger partial charge in [-0.3, -0.25) is 9.59 Å². The lowest BCUT2D eigenvalue weighted by atomic mass is 9.84. The molecular formula is C21H20F3N3O2. The summed E-state index contributed by atoms with van der Waals surface area (Å²) < 4.78 is 41.3. The van der Waals surface area contributed by atoms with Crippen LogP contribution in [-0.2, 0) is 0 Å². The SMILES string of the molecule is CC(C)NC(=O)c1cccc2c1C(=O)CC(C1CNc3c1cc(F)c(F)c3F)N2. The fourth-order valence-electron chi connectivity index (χ4n) is 4.06. The van der Waals surface area contributed by atoms with E-state index in [-0.39, 0.29) is 41.9 Å². The quantitative estimate of drug-likeness (QED) is 0.682. The van der Waals surface area contributed by atoms with Gasteiger partial charge in [-0.1, -0.05) is 6.07 Å². The normalized spacial score (nSPS) is 20.0. The third-order valence-electron chi connectivity index (χ3n) is 5.33. The summed E-state index contributed by atoms with van der Waals surface area (Å²) in [4.78, 5) is 25.4. The van der Waals surface area contributed by atoms with E-state index in [4.69, 9.17) is 0 Å². The first kappa shape index (κ1) is 19.3. The van der Waals surface area contributed by atoms with E-state index in [1.807, 2.05) is 13.8 Å². The van der Waals surface area contributed by atoms with E-state index in [1.165, 1.54) is 0 Å². The predicted molar refractivity (Wildman–Crippen MR) is 103 cm³/mol. The highest BCUT2D eigenvalue weighted by atomic mass is 19.2. The maximum absolute atomic E-state index is 14.1. The molecule has 0 spiro atoms. The fourth-order valence-corrected chi connectivity index (χ4v) is 4.06. The van der Waals surface area contributed by atoms with Crippen molar-refractivity contribution in [2.75, 3.05) is 17.2 Å². The third kappa shape index (κ3) is 3.22. The van der Waals surface area contributed by atoms with Gasteiger partial charge in [-0.25, -0.2) is 13.2 Å². The van der Waals surface area contributed by atoms with E-state index in [2.05, 4.69) is 16.0 Å². The lowest BCUT2D eigenvalue weighted by Gasteiger charge is -2.31.